The fraction of sp³-hybridized carbons (Fsp3) is 0.562. The summed E-state index contributed by atoms with van der Waals surface area (Å²) in [7, 11) is 2.00. The summed E-state index contributed by atoms with van der Waals surface area (Å²) in [5.74, 6) is 0.118. The second kappa shape index (κ2) is 10.8. The van der Waals surface area contributed by atoms with Gasteiger partial charge in [0.15, 0.2) is 0 Å². The van der Waals surface area contributed by atoms with Crippen molar-refractivity contribution in [1.82, 2.24) is 15.5 Å². The Balaban J connectivity index is 0.00000220. The zero-order chi connectivity index (χ0) is 14.4. The second-order valence-corrected chi connectivity index (χ2v) is 5.42. The molecule has 1 aromatic carbocycles. The van der Waals surface area contributed by atoms with Gasteiger partial charge >= 0.3 is 0 Å². The zero-order valence-electron chi connectivity index (χ0n) is 13.2. The van der Waals surface area contributed by atoms with Gasteiger partial charge in [-0.2, -0.15) is 0 Å². The van der Waals surface area contributed by atoms with Crippen LogP contribution in [0.15, 0.2) is 30.3 Å². The number of hydrogen-bond donors (Lipinski definition) is 2. The predicted octanol–water partition coefficient (Wildman–Crippen LogP) is 2.39. The number of rotatable bonds is 5. The van der Waals surface area contributed by atoms with E-state index in [0.29, 0.717) is 6.04 Å². The Bertz CT molecular complexity index is 425. The van der Waals surface area contributed by atoms with Crippen molar-refractivity contribution in [2.24, 2.45) is 0 Å². The van der Waals surface area contributed by atoms with E-state index in [-0.39, 0.29) is 36.8 Å². The number of nitrogens with one attached hydrogen (secondary N) is 2. The summed E-state index contributed by atoms with van der Waals surface area (Å²) in [4.78, 5) is 14.7. The van der Waals surface area contributed by atoms with Crippen molar-refractivity contribution in [3.63, 3.8) is 0 Å². The molecule has 1 heterocycles. The maximum atomic E-state index is 12.6. The third-order valence-corrected chi connectivity index (χ3v) is 3.99. The quantitative estimate of drug-likeness (QED) is 0.859. The Morgan fingerprint density at radius 3 is 2.41 bits per heavy atom. The maximum Gasteiger partial charge on any atom is 0.242 e. The fourth-order valence-corrected chi connectivity index (χ4v) is 2.67. The van der Waals surface area contributed by atoms with Gasteiger partial charge in [-0.3, -0.25) is 9.69 Å². The number of carbonyl (C=O) groups is 1. The molecule has 1 aromatic rings. The molecular weight excluding hydrogens is 321 g/mol. The molecule has 0 aromatic heterocycles. The molecule has 0 saturated carbocycles. The van der Waals surface area contributed by atoms with Crippen LogP contribution in [0, 0.1) is 0 Å². The number of amides is 1. The molecule has 1 aliphatic heterocycles. The Morgan fingerprint density at radius 1 is 1.27 bits per heavy atom. The predicted molar refractivity (Wildman–Crippen MR) is 96.0 cm³/mol. The molecule has 22 heavy (non-hydrogen) atoms. The van der Waals surface area contributed by atoms with Crippen molar-refractivity contribution >= 4 is 30.7 Å². The molecule has 4 nitrogen and oxygen atoms in total. The van der Waals surface area contributed by atoms with Crippen molar-refractivity contribution in [1.29, 1.82) is 0 Å². The van der Waals surface area contributed by atoms with E-state index in [2.05, 4.69) is 22.5 Å². The molecule has 126 valence electrons. The molecule has 1 aliphatic rings. The third-order valence-electron chi connectivity index (χ3n) is 3.99. The van der Waals surface area contributed by atoms with E-state index in [9.17, 15) is 4.79 Å². The topological polar surface area (TPSA) is 44.4 Å². The largest absolute Gasteiger partial charge is 0.352 e. The highest BCUT2D eigenvalue weighted by Gasteiger charge is 2.26. The lowest BCUT2D eigenvalue weighted by atomic mass is 10.0. The summed E-state index contributed by atoms with van der Waals surface area (Å²) in [6.07, 6.45) is 2.03. The lowest BCUT2D eigenvalue weighted by Crippen LogP contribution is -2.47. The van der Waals surface area contributed by atoms with Crippen LogP contribution in [-0.2, 0) is 4.79 Å². The van der Waals surface area contributed by atoms with Crippen LogP contribution in [0.2, 0.25) is 0 Å². The number of carbonyl (C=O) groups excluding carboxylic acids is 1. The van der Waals surface area contributed by atoms with E-state index in [1.54, 1.807) is 0 Å². The van der Waals surface area contributed by atoms with Crippen LogP contribution in [0.25, 0.3) is 0 Å². The van der Waals surface area contributed by atoms with E-state index in [0.717, 1.165) is 38.0 Å². The molecule has 0 spiro atoms. The molecule has 1 amide bonds. The maximum absolute atomic E-state index is 12.6. The highest BCUT2D eigenvalue weighted by Crippen LogP contribution is 2.20. The van der Waals surface area contributed by atoms with Gasteiger partial charge in [0, 0.05) is 6.04 Å². The normalized spacial score (nSPS) is 16.3. The molecule has 6 heteroatoms. The lowest BCUT2D eigenvalue weighted by molar-refractivity contribution is -0.127. The van der Waals surface area contributed by atoms with Gasteiger partial charge in [0.25, 0.3) is 0 Å². The molecule has 0 radical (unpaired) electrons. The van der Waals surface area contributed by atoms with E-state index in [1.807, 2.05) is 37.4 Å². The van der Waals surface area contributed by atoms with Gasteiger partial charge in [0.1, 0.15) is 6.04 Å². The standard InChI is InChI=1S/C16H25N3O.2ClH/c1-3-19(2)15(13-7-5-4-6-8-13)16(20)18-14-9-11-17-12-10-14;;/h4-8,14-15,17H,3,9-12H2,1-2H3,(H,18,20);2*1H. The molecule has 2 N–H and O–H groups in total. The number of benzene rings is 1. The number of nitrogens with zero attached hydrogens (tertiary/aromatic N) is 1. The van der Waals surface area contributed by atoms with E-state index in [1.165, 1.54) is 0 Å². The van der Waals surface area contributed by atoms with Gasteiger partial charge in [0.05, 0.1) is 0 Å². The molecule has 1 atom stereocenters. The summed E-state index contributed by atoms with van der Waals surface area (Å²) < 4.78 is 0. The molecule has 0 aliphatic carbocycles. The summed E-state index contributed by atoms with van der Waals surface area (Å²) in [5.41, 5.74) is 1.06. The average Bonchev–Trinajstić information content (AvgIpc) is 2.49. The Kier molecular flexibility index (Phi) is 10.4. The van der Waals surface area contributed by atoms with Crippen molar-refractivity contribution in [3.05, 3.63) is 35.9 Å². The average molecular weight is 348 g/mol. The van der Waals surface area contributed by atoms with Crippen LogP contribution in [0.1, 0.15) is 31.4 Å². The van der Waals surface area contributed by atoms with Crippen molar-refractivity contribution < 1.29 is 4.79 Å². The molecular formula is C16H27Cl2N3O. The van der Waals surface area contributed by atoms with Gasteiger partial charge in [-0.15, -0.1) is 24.8 Å². The van der Waals surface area contributed by atoms with E-state index >= 15 is 0 Å². The number of likely N-dealkylation sites (N-methyl/N-ethyl adjacent to an activating group) is 1. The van der Waals surface area contributed by atoms with E-state index < -0.39 is 0 Å². The first-order valence-electron chi connectivity index (χ1n) is 7.48. The first-order valence-corrected chi connectivity index (χ1v) is 7.48. The molecule has 0 bridgehead atoms. The van der Waals surface area contributed by atoms with Crippen LogP contribution >= 0.6 is 24.8 Å². The number of halogens is 2. The van der Waals surface area contributed by atoms with Crippen molar-refractivity contribution in [2.45, 2.75) is 31.8 Å². The van der Waals surface area contributed by atoms with Crippen LogP contribution in [0.4, 0.5) is 0 Å². The van der Waals surface area contributed by atoms with Gasteiger partial charge in [-0.1, -0.05) is 37.3 Å². The molecule has 1 unspecified atom stereocenters. The zero-order valence-corrected chi connectivity index (χ0v) is 14.9. The molecule has 1 saturated heterocycles. The van der Waals surface area contributed by atoms with E-state index in [4.69, 9.17) is 0 Å². The smallest absolute Gasteiger partial charge is 0.242 e. The summed E-state index contributed by atoms with van der Waals surface area (Å²) >= 11 is 0. The van der Waals surface area contributed by atoms with Crippen LogP contribution < -0.4 is 10.6 Å². The minimum absolute atomic E-state index is 0. The number of piperidine rings is 1. The van der Waals surface area contributed by atoms with Gasteiger partial charge in [0.2, 0.25) is 5.91 Å². The minimum Gasteiger partial charge on any atom is -0.352 e. The second-order valence-electron chi connectivity index (χ2n) is 5.42. The van der Waals surface area contributed by atoms with Gasteiger partial charge < -0.3 is 10.6 Å². The Morgan fingerprint density at radius 2 is 1.86 bits per heavy atom. The van der Waals surface area contributed by atoms with Gasteiger partial charge in [-0.25, -0.2) is 0 Å². The monoisotopic (exact) mass is 347 g/mol. The SMILES string of the molecule is CCN(C)C(C(=O)NC1CCNCC1)c1ccccc1.Cl.Cl. The van der Waals surface area contributed by atoms with Gasteiger partial charge in [-0.05, 0) is 45.1 Å². The third kappa shape index (κ3) is 5.76. The highest BCUT2D eigenvalue weighted by atomic mass is 35.5. The fourth-order valence-electron chi connectivity index (χ4n) is 2.67. The Hall–Kier alpha value is -0.810. The summed E-state index contributed by atoms with van der Waals surface area (Å²) in [6, 6.07) is 10.1. The Labute approximate surface area is 145 Å². The summed E-state index contributed by atoms with van der Waals surface area (Å²) in [6.45, 7) is 4.90. The number of hydrogen-bond acceptors (Lipinski definition) is 3. The molecule has 1 fully saturated rings. The van der Waals surface area contributed by atoms with Crippen LogP contribution in [0.5, 0.6) is 0 Å². The van der Waals surface area contributed by atoms with Crippen molar-refractivity contribution in [3.8, 4) is 0 Å². The summed E-state index contributed by atoms with van der Waals surface area (Å²) in [5, 5.41) is 6.53. The minimum atomic E-state index is -0.198. The van der Waals surface area contributed by atoms with Crippen LogP contribution in [0.3, 0.4) is 0 Å². The first-order chi connectivity index (χ1) is 9.72. The van der Waals surface area contributed by atoms with Crippen molar-refractivity contribution in [2.75, 3.05) is 26.7 Å². The molecule has 2 rings (SSSR count). The first kappa shape index (κ1) is 21.2. The lowest BCUT2D eigenvalue weighted by Gasteiger charge is -2.30. The highest BCUT2D eigenvalue weighted by molar-refractivity contribution is 5.85. The van der Waals surface area contributed by atoms with Crippen LogP contribution in [-0.4, -0.2) is 43.5 Å².